The molecule has 0 aliphatic heterocycles. The first-order chi connectivity index (χ1) is 11.4. The lowest BCUT2D eigenvalue weighted by atomic mass is 10.3. The van der Waals surface area contributed by atoms with Crippen molar-refractivity contribution < 1.29 is 18.3 Å². The Morgan fingerprint density at radius 3 is 2.79 bits per heavy atom. The predicted molar refractivity (Wildman–Crippen MR) is 82.8 cm³/mol. The van der Waals surface area contributed by atoms with Crippen molar-refractivity contribution in [3.63, 3.8) is 0 Å². The first-order valence-electron chi connectivity index (χ1n) is 7.25. The van der Waals surface area contributed by atoms with Gasteiger partial charge in [0, 0.05) is 30.4 Å². The molecule has 128 valence electrons. The van der Waals surface area contributed by atoms with Crippen LogP contribution in [0.15, 0.2) is 29.3 Å². The van der Waals surface area contributed by atoms with Crippen LogP contribution in [0.1, 0.15) is 11.3 Å². The van der Waals surface area contributed by atoms with Gasteiger partial charge in [-0.05, 0) is 26.0 Å². The zero-order valence-corrected chi connectivity index (χ0v) is 13.3. The van der Waals surface area contributed by atoms with Crippen molar-refractivity contribution in [1.82, 2.24) is 14.9 Å². The van der Waals surface area contributed by atoms with Crippen LogP contribution in [0, 0.1) is 25.5 Å². The summed E-state index contributed by atoms with van der Waals surface area (Å²) in [7, 11) is 0. The van der Waals surface area contributed by atoms with Gasteiger partial charge in [-0.3, -0.25) is 14.2 Å². The van der Waals surface area contributed by atoms with Gasteiger partial charge in [-0.1, -0.05) is 0 Å². The van der Waals surface area contributed by atoms with Gasteiger partial charge in [0.1, 0.15) is 5.82 Å². The van der Waals surface area contributed by atoms with Crippen molar-refractivity contribution >= 4 is 5.91 Å². The van der Waals surface area contributed by atoms with Gasteiger partial charge in [0.05, 0.1) is 6.33 Å². The number of carbonyl (C=O) groups is 1. The molecule has 1 amide bonds. The molecule has 24 heavy (non-hydrogen) atoms. The first kappa shape index (κ1) is 17.6. The highest BCUT2D eigenvalue weighted by Gasteiger charge is 2.08. The van der Waals surface area contributed by atoms with Crippen molar-refractivity contribution in [1.29, 1.82) is 0 Å². The highest BCUT2D eigenvalue weighted by Crippen LogP contribution is 2.17. The number of benzene rings is 1. The molecule has 2 aromatic rings. The SMILES string of the molecule is Cc1ncn(CCNC(=O)COc2ccc(F)cc2F)c(=O)c1C. The summed E-state index contributed by atoms with van der Waals surface area (Å²) in [6.45, 7) is 3.46. The van der Waals surface area contributed by atoms with Crippen molar-refractivity contribution in [2.75, 3.05) is 13.2 Å². The Kier molecular flexibility index (Phi) is 5.62. The van der Waals surface area contributed by atoms with Gasteiger partial charge in [0.2, 0.25) is 0 Å². The molecule has 1 aromatic heterocycles. The second-order valence-corrected chi connectivity index (χ2v) is 5.17. The summed E-state index contributed by atoms with van der Waals surface area (Å²) in [5, 5.41) is 2.55. The second kappa shape index (κ2) is 7.67. The zero-order chi connectivity index (χ0) is 17.7. The highest BCUT2D eigenvalue weighted by atomic mass is 19.1. The first-order valence-corrected chi connectivity index (χ1v) is 7.25. The van der Waals surface area contributed by atoms with E-state index in [0.717, 1.165) is 12.1 Å². The van der Waals surface area contributed by atoms with Crippen molar-refractivity contribution in [2.24, 2.45) is 0 Å². The van der Waals surface area contributed by atoms with E-state index in [1.807, 2.05) is 0 Å². The van der Waals surface area contributed by atoms with Gasteiger partial charge in [0.15, 0.2) is 18.2 Å². The number of amides is 1. The minimum absolute atomic E-state index is 0.165. The zero-order valence-electron chi connectivity index (χ0n) is 13.3. The molecule has 0 fully saturated rings. The van der Waals surface area contributed by atoms with Crippen molar-refractivity contribution in [2.45, 2.75) is 20.4 Å². The van der Waals surface area contributed by atoms with E-state index in [4.69, 9.17) is 4.74 Å². The highest BCUT2D eigenvalue weighted by molar-refractivity contribution is 5.77. The summed E-state index contributed by atoms with van der Waals surface area (Å²) in [5.41, 5.74) is 1.05. The third-order valence-electron chi connectivity index (χ3n) is 3.44. The monoisotopic (exact) mass is 337 g/mol. The Hall–Kier alpha value is -2.77. The molecule has 0 radical (unpaired) electrons. The van der Waals surface area contributed by atoms with E-state index in [-0.39, 0.29) is 24.4 Å². The molecular formula is C16H17F2N3O3. The van der Waals surface area contributed by atoms with Crippen LogP contribution in [0.3, 0.4) is 0 Å². The molecule has 1 heterocycles. The lowest BCUT2D eigenvalue weighted by molar-refractivity contribution is -0.123. The molecule has 0 atom stereocenters. The van der Waals surface area contributed by atoms with Crippen LogP contribution < -0.4 is 15.6 Å². The Balaban J connectivity index is 1.81. The molecule has 2 rings (SSSR count). The molecule has 1 aromatic carbocycles. The van der Waals surface area contributed by atoms with E-state index < -0.39 is 24.1 Å². The third kappa shape index (κ3) is 4.37. The molecule has 0 bridgehead atoms. The molecule has 8 heteroatoms. The van der Waals surface area contributed by atoms with Crippen molar-refractivity contribution in [3.05, 3.63) is 57.8 Å². The van der Waals surface area contributed by atoms with Gasteiger partial charge in [-0.15, -0.1) is 0 Å². The minimum Gasteiger partial charge on any atom is -0.481 e. The summed E-state index contributed by atoms with van der Waals surface area (Å²) in [4.78, 5) is 27.7. The van der Waals surface area contributed by atoms with E-state index in [2.05, 4.69) is 10.3 Å². The number of carbonyl (C=O) groups excluding carboxylic acids is 1. The molecule has 0 spiro atoms. The fourth-order valence-electron chi connectivity index (χ4n) is 1.94. The summed E-state index contributed by atoms with van der Waals surface area (Å²) >= 11 is 0. The topological polar surface area (TPSA) is 73.2 Å². The van der Waals surface area contributed by atoms with E-state index in [9.17, 15) is 18.4 Å². The minimum atomic E-state index is -0.879. The standard InChI is InChI=1S/C16H17F2N3O3/c1-10-11(2)20-9-21(16(10)23)6-5-19-15(22)8-24-14-4-3-12(17)7-13(14)18/h3-4,7,9H,5-6,8H2,1-2H3,(H,19,22). The maximum absolute atomic E-state index is 13.3. The van der Waals surface area contributed by atoms with Crippen LogP contribution in [-0.2, 0) is 11.3 Å². The number of ether oxygens (including phenoxy) is 1. The van der Waals surface area contributed by atoms with Crippen LogP contribution in [0.2, 0.25) is 0 Å². The van der Waals surface area contributed by atoms with Gasteiger partial charge in [-0.2, -0.15) is 0 Å². The molecule has 0 aliphatic rings. The summed E-state index contributed by atoms with van der Waals surface area (Å²) in [6, 6.07) is 2.82. The predicted octanol–water partition coefficient (Wildman–Crippen LogP) is 1.33. The van der Waals surface area contributed by atoms with Crippen LogP contribution in [0.4, 0.5) is 8.78 Å². The average molecular weight is 337 g/mol. The molecule has 6 nitrogen and oxygen atoms in total. The number of rotatable bonds is 6. The number of hydrogen-bond acceptors (Lipinski definition) is 4. The lowest BCUT2D eigenvalue weighted by Crippen LogP contribution is -2.34. The normalized spacial score (nSPS) is 10.5. The molecular weight excluding hydrogens is 320 g/mol. The van der Waals surface area contributed by atoms with E-state index in [1.54, 1.807) is 13.8 Å². The van der Waals surface area contributed by atoms with Gasteiger partial charge in [0.25, 0.3) is 11.5 Å². The van der Waals surface area contributed by atoms with Crippen LogP contribution in [0.5, 0.6) is 5.75 Å². The Labute approximate surface area is 137 Å². The number of nitrogens with zero attached hydrogens (tertiary/aromatic N) is 2. The molecule has 1 N–H and O–H groups in total. The molecule has 0 aliphatic carbocycles. The van der Waals surface area contributed by atoms with Crippen LogP contribution in [0.25, 0.3) is 0 Å². The maximum Gasteiger partial charge on any atom is 0.258 e. The quantitative estimate of drug-likeness (QED) is 0.863. The number of aryl methyl sites for hydroxylation is 1. The molecule has 0 saturated heterocycles. The average Bonchev–Trinajstić information content (AvgIpc) is 2.54. The number of hydrogen-bond donors (Lipinski definition) is 1. The van der Waals surface area contributed by atoms with E-state index >= 15 is 0 Å². The van der Waals surface area contributed by atoms with Gasteiger partial charge < -0.3 is 10.1 Å². The largest absolute Gasteiger partial charge is 0.481 e. The van der Waals surface area contributed by atoms with Gasteiger partial charge in [-0.25, -0.2) is 13.8 Å². The number of nitrogens with one attached hydrogen (secondary N) is 1. The number of halogens is 2. The van der Waals surface area contributed by atoms with Gasteiger partial charge >= 0.3 is 0 Å². The van der Waals surface area contributed by atoms with Crippen LogP contribution in [-0.4, -0.2) is 28.6 Å². The number of aromatic nitrogens is 2. The smallest absolute Gasteiger partial charge is 0.258 e. The second-order valence-electron chi connectivity index (χ2n) is 5.17. The Bertz CT molecular complexity index is 806. The molecule has 0 unspecified atom stereocenters. The van der Waals surface area contributed by atoms with Crippen LogP contribution >= 0.6 is 0 Å². The fraction of sp³-hybridized carbons (Fsp3) is 0.312. The van der Waals surface area contributed by atoms with Crippen molar-refractivity contribution in [3.8, 4) is 5.75 Å². The maximum atomic E-state index is 13.3. The third-order valence-corrected chi connectivity index (χ3v) is 3.44. The molecule has 0 saturated carbocycles. The summed E-state index contributed by atoms with van der Waals surface area (Å²) in [5.74, 6) is -2.29. The fourth-order valence-corrected chi connectivity index (χ4v) is 1.94. The Morgan fingerprint density at radius 1 is 1.33 bits per heavy atom. The lowest BCUT2D eigenvalue weighted by Gasteiger charge is -2.10. The Morgan fingerprint density at radius 2 is 2.08 bits per heavy atom. The summed E-state index contributed by atoms with van der Waals surface area (Å²) in [6.07, 6.45) is 1.42. The van der Waals surface area contributed by atoms with E-state index in [1.165, 1.54) is 10.9 Å². The summed E-state index contributed by atoms with van der Waals surface area (Å²) < 4.78 is 32.5. The van der Waals surface area contributed by atoms with E-state index in [0.29, 0.717) is 17.3 Å².